The maximum Gasteiger partial charge on any atom is 0.257 e. The van der Waals surface area contributed by atoms with Crippen LogP contribution in [0.4, 0.5) is 5.00 Å². The molecule has 3 aliphatic rings. The lowest BCUT2D eigenvalue weighted by atomic mass is 9.96. The highest BCUT2D eigenvalue weighted by molar-refractivity contribution is 7.17. The molecule has 3 aliphatic heterocycles. The topological polar surface area (TPSA) is 70.2 Å². The quantitative estimate of drug-likeness (QED) is 0.766. The third-order valence-corrected chi connectivity index (χ3v) is 7.01. The lowest BCUT2D eigenvalue weighted by molar-refractivity contribution is -0.134. The van der Waals surface area contributed by atoms with Crippen LogP contribution in [0.2, 0.25) is 0 Å². The summed E-state index contributed by atoms with van der Waals surface area (Å²) >= 11 is 1.47. The lowest BCUT2D eigenvalue weighted by Crippen LogP contribution is -2.38. The van der Waals surface area contributed by atoms with Crippen molar-refractivity contribution in [3.63, 3.8) is 0 Å². The van der Waals surface area contributed by atoms with Crippen LogP contribution in [0, 0.1) is 5.92 Å². The smallest absolute Gasteiger partial charge is 0.257 e. The Morgan fingerprint density at radius 1 is 1.26 bits per heavy atom. The highest BCUT2D eigenvalue weighted by atomic mass is 32.1. The van der Waals surface area contributed by atoms with Crippen LogP contribution in [0.1, 0.15) is 40.1 Å². The van der Waals surface area contributed by atoms with E-state index in [-0.39, 0.29) is 24.3 Å². The zero-order valence-corrected chi connectivity index (χ0v) is 16.6. The average molecular weight is 391 g/mol. The third-order valence-electron chi connectivity index (χ3n) is 5.72. The molecule has 7 nitrogen and oxygen atoms in total. The van der Waals surface area contributed by atoms with E-state index in [4.69, 9.17) is 4.74 Å². The minimum atomic E-state index is -0.0978. The molecule has 0 aromatic carbocycles. The minimum absolute atomic E-state index is 0.0894. The molecule has 0 aliphatic carbocycles. The van der Waals surface area contributed by atoms with Gasteiger partial charge in [-0.1, -0.05) is 0 Å². The van der Waals surface area contributed by atoms with E-state index in [1.807, 2.05) is 4.90 Å². The molecule has 1 aromatic heterocycles. The molecule has 0 spiro atoms. The summed E-state index contributed by atoms with van der Waals surface area (Å²) in [7, 11) is 3.39. The number of nitrogens with zero attached hydrogens (tertiary/aromatic N) is 3. The van der Waals surface area contributed by atoms with Gasteiger partial charge in [0.05, 0.1) is 12.1 Å². The maximum atomic E-state index is 12.8. The number of anilines is 1. The Labute approximate surface area is 162 Å². The summed E-state index contributed by atoms with van der Waals surface area (Å²) in [5, 5.41) is 0.717. The highest BCUT2D eigenvalue weighted by Crippen LogP contribution is 2.41. The van der Waals surface area contributed by atoms with Crippen LogP contribution in [-0.4, -0.2) is 67.9 Å². The molecule has 1 unspecified atom stereocenters. The second-order valence-electron chi connectivity index (χ2n) is 7.65. The van der Waals surface area contributed by atoms with Gasteiger partial charge in [0.15, 0.2) is 0 Å². The number of hydrogen-bond acceptors (Lipinski definition) is 5. The largest absolute Gasteiger partial charge is 0.381 e. The molecule has 0 N–H and O–H groups in total. The van der Waals surface area contributed by atoms with Crippen LogP contribution in [-0.2, 0) is 27.3 Å². The van der Waals surface area contributed by atoms with E-state index in [9.17, 15) is 14.4 Å². The number of amides is 3. The summed E-state index contributed by atoms with van der Waals surface area (Å²) in [6, 6.07) is 0. The molecule has 146 valence electrons. The van der Waals surface area contributed by atoms with Crippen LogP contribution in [0.3, 0.4) is 0 Å². The molecule has 1 saturated heterocycles. The second kappa shape index (κ2) is 7.24. The van der Waals surface area contributed by atoms with Crippen LogP contribution < -0.4 is 4.90 Å². The number of ether oxygens (including phenoxy) is 1. The number of thiophene rings is 1. The SMILES string of the molecule is CN1CC(=O)N(C)c2sc3c(c2C1=O)CCN(C(=O)CC1CCCOC1)C3. The fourth-order valence-electron chi connectivity index (χ4n) is 4.09. The number of carbonyl (C=O) groups is 3. The van der Waals surface area contributed by atoms with Crippen molar-refractivity contribution in [1.29, 1.82) is 0 Å². The molecule has 4 rings (SSSR count). The summed E-state index contributed by atoms with van der Waals surface area (Å²) in [5.74, 6) is 0.284. The summed E-state index contributed by atoms with van der Waals surface area (Å²) in [6.45, 7) is 2.72. The van der Waals surface area contributed by atoms with Gasteiger partial charge >= 0.3 is 0 Å². The normalized spacial score (nSPS) is 23.2. The number of fused-ring (bicyclic) bond motifs is 3. The first-order chi connectivity index (χ1) is 13.0. The Morgan fingerprint density at radius 3 is 2.81 bits per heavy atom. The van der Waals surface area contributed by atoms with Crippen molar-refractivity contribution in [2.75, 3.05) is 45.3 Å². The first-order valence-electron chi connectivity index (χ1n) is 9.47. The fourth-order valence-corrected chi connectivity index (χ4v) is 5.42. The number of rotatable bonds is 2. The van der Waals surface area contributed by atoms with Gasteiger partial charge in [-0.2, -0.15) is 0 Å². The van der Waals surface area contributed by atoms with Gasteiger partial charge in [-0.15, -0.1) is 11.3 Å². The first kappa shape index (κ1) is 18.4. The van der Waals surface area contributed by atoms with Crippen LogP contribution in [0.15, 0.2) is 0 Å². The van der Waals surface area contributed by atoms with Gasteiger partial charge in [-0.3, -0.25) is 14.4 Å². The van der Waals surface area contributed by atoms with Crippen molar-refractivity contribution >= 4 is 34.1 Å². The molecule has 1 fully saturated rings. The van der Waals surface area contributed by atoms with E-state index >= 15 is 0 Å². The van der Waals surface area contributed by atoms with E-state index in [0.29, 0.717) is 49.0 Å². The predicted octanol–water partition coefficient (Wildman–Crippen LogP) is 1.50. The Bertz CT molecular complexity index is 784. The van der Waals surface area contributed by atoms with Gasteiger partial charge in [0.2, 0.25) is 11.8 Å². The second-order valence-corrected chi connectivity index (χ2v) is 8.73. The van der Waals surface area contributed by atoms with Gasteiger partial charge in [-0.05, 0) is 30.7 Å². The number of likely N-dealkylation sites (N-methyl/N-ethyl adjacent to an activating group) is 2. The van der Waals surface area contributed by atoms with Crippen molar-refractivity contribution in [1.82, 2.24) is 9.80 Å². The monoisotopic (exact) mass is 391 g/mol. The Balaban J connectivity index is 1.55. The van der Waals surface area contributed by atoms with Crippen LogP contribution in [0.25, 0.3) is 0 Å². The zero-order valence-electron chi connectivity index (χ0n) is 15.8. The van der Waals surface area contributed by atoms with Crippen LogP contribution in [0.5, 0.6) is 0 Å². The fraction of sp³-hybridized carbons (Fsp3) is 0.632. The number of carbonyl (C=O) groups excluding carboxylic acids is 3. The summed E-state index contributed by atoms with van der Waals surface area (Å²) in [4.78, 5) is 43.8. The van der Waals surface area contributed by atoms with Gasteiger partial charge in [0.1, 0.15) is 11.5 Å². The van der Waals surface area contributed by atoms with Gasteiger partial charge in [-0.25, -0.2) is 0 Å². The molecule has 0 radical (unpaired) electrons. The lowest BCUT2D eigenvalue weighted by Gasteiger charge is -2.30. The predicted molar refractivity (Wildman–Crippen MR) is 102 cm³/mol. The summed E-state index contributed by atoms with van der Waals surface area (Å²) < 4.78 is 5.49. The van der Waals surface area contributed by atoms with Crippen LogP contribution >= 0.6 is 11.3 Å². The first-order valence-corrected chi connectivity index (χ1v) is 10.3. The standard InChI is InChI=1S/C19H25N3O4S/c1-20-10-16(24)21(2)19-17(18(20)25)13-5-6-22(9-14(13)27-19)15(23)8-12-4-3-7-26-11-12/h12H,3-11H2,1-2H3. The Hall–Kier alpha value is -1.93. The zero-order chi connectivity index (χ0) is 19.1. The molecule has 3 amide bonds. The molecule has 1 atom stereocenters. The molecular formula is C19H25N3O4S. The summed E-state index contributed by atoms with van der Waals surface area (Å²) in [5.41, 5.74) is 1.66. The van der Waals surface area contributed by atoms with E-state index in [1.165, 1.54) is 16.2 Å². The molecule has 4 heterocycles. The molecular weight excluding hydrogens is 366 g/mol. The Morgan fingerprint density at radius 2 is 2.07 bits per heavy atom. The van der Waals surface area contributed by atoms with E-state index < -0.39 is 0 Å². The molecule has 8 heteroatoms. The maximum absolute atomic E-state index is 12.8. The van der Waals surface area contributed by atoms with Gasteiger partial charge in [0.25, 0.3) is 5.91 Å². The van der Waals surface area contributed by atoms with Crippen molar-refractivity contribution in [3.8, 4) is 0 Å². The molecule has 27 heavy (non-hydrogen) atoms. The molecule has 0 bridgehead atoms. The molecule has 1 aromatic rings. The van der Waals surface area contributed by atoms with Gasteiger partial charge < -0.3 is 19.4 Å². The van der Waals surface area contributed by atoms with Crippen molar-refractivity contribution in [2.45, 2.75) is 32.2 Å². The van der Waals surface area contributed by atoms with E-state index in [2.05, 4.69) is 0 Å². The summed E-state index contributed by atoms with van der Waals surface area (Å²) in [6.07, 6.45) is 3.26. The number of hydrogen-bond donors (Lipinski definition) is 0. The Kier molecular flexibility index (Phi) is 4.94. The molecule has 0 saturated carbocycles. The van der Waals surface area contributed by atoms with E-state index in [1.54, 1.807) is 19.0 Å². The third kappa shape index (κ3) is 3.36. The van der Waals surface area contributed by atoms with Crippen molar-refractivity contribution in [2.24, 2.45) is 5.92 Å². The van der Waals surface area contributed by atoms with Crippen molar-refractivity contribution < 1.29 is 19.1 Å². The average Bonchev–Trinajstić information content (AvgIpc) is 3.02. The van der Waals surface area contributed by atoms with Gasteiger partial charge in [0, 0.05) is 45.2 Å². The van der Waals surface area contributed by atoms with E-state index in [0.717, 1.165) is 29.9 Å². The highest BCUT2D eigenvalue weighted by Gasteiger charge is 2.36. The van der Waals surface area contributed by atoms with Crippen molar-refractivity contribution in [3.05, 3.63) is 16.0 Å². The minimum Gasteiger partial charge on any atom is -0.381 e.